The molecule has 0 aromatic carbocycles. The molecule has 0 aromatic heterocycles. The van der Waals surface area contributed by atoms with E-state index in [2.05, 4.69) is 19.2 Å². The lowest BCUT2D eigenvalue weighted by Gasteiger charge is -2.22. The third-order valence-corrected chi connectivity index (χ3v) is 19.7. The monoisotopic (exact) mass is 1230 g/mol. The lowest BCUT2D eigenvalue weighted by molar-refractivity contribution is -0.143. The van der Waals surface area contributed by atoms with E-state index in [4.69, 9.17) is 4.74 Å². The molecule has 0 spiro atoms. The zero-order valence-corrected chi connectivity index (χ0v) is 59.8. The van der Waals surface area contributed by atoms with E-state index in [1.54, 1.807) is 0 Å². The van der Waals surface area contributed by atoms with Gasteiger partial charge in [-0.05, 0) is 25.7 Å². The lowest BCUT2D eigenvalue weighted by Crippen LogP contribution is -2.45. The van der Waals surface area contributed by atoms with Crippen molar-refractivity contribution in [3.63, 3.8) is 0 Å². The van der Waals surface area contributed by atoms with Gasteiger partial charge in [0.15, 0.2) is 0 Å². The minimum absolute atomic E-state index is 0.0241. The van der Waals surface area contributed by atoms with Crippen LogP contribution in [0.25, 0.3) is 0 Å². The van der Waals surface area contributed by atoms with E-state index in [1.165, 1.54) is 411 Å². The minimum Gasteiger partial charge on any atom is -0.466 e. The van der Waals surface area contributed by atoms with Crippen LogP contribution in [0, 0.1) is 0 Å². The number of amides is 1. The third-order valence-electron chi connectivity index (χ3n) is 19.7. The van der Waals surface area contributed by atoms with E-state index in [0.29, 0.717) is 25.9 Å². The second kappa shape index (κ2) is 77.3. The maximum Gasteiger partial charge on any atom is 0.305 e. The predicted molar refractivity (Wildman–Crippen MR) is 384 cm³/mol. The molecule has 6 nitrogen and oxygen atoms in total. The largest absolute Gasteiger partial charge is 0.466 e. The number of carbonyl (C=O) groups is 2. The van der Waals surface area contributed by atoms with Crippen LogP contribution in [-0.2, 0) is 14.3 Å². The molecule has 0 aliphatic carbocycles. The Balaban J connectivity index is 3.32. The molecular formula is C81H161NO5. The van der Waals surface area contributed by atoms with Crippen molar-refractivity contribution in [2.24, 2.45) is 0 Å². The zero-order chi connectivity index (χ0) is 62.8. The molecule has 3 N–H and O–H groups in total. The predicted octanol–water partition coefficient (Wildman–Crippen LogP) is 26.9. The van der Waals surface area contributed by atoms with Crippen molar-refractivity contribution >= 4 is 11.9 Å². The van der Waals surface area contributed by atoms with Crippen molar-refractivity contribution in [2.45, 2.75) is 495 Å². The van der Waals surface area contributed by atoms with Crippen molar-refractivity contribution in [2.75, 3.05) is 13.2 Å². The average Bonchev–Trinajstić information content (AvgIpc) is 3.53. The maximum atomic E-state index is 12.6. The van der Waals surface area contributed by atoms with Gasteiger partial charge in [0.1, 0.15) is 0 Å². The van der Waals surface area contributed by atoms with E-state index in [9.17, 15) is 19.8 Å². The number of rotatable bonds is 78. The molecule has 0 aromatic rings. The molecular weight excluding hydrogens is 1070 g/mol. The van der Waals surface area contributed by atoms with Crippen LogP contribution in [0.1, 0.15) is 483 Å². The van der Waals surface area contributed by atoms with Gasteiger partial charge in [0.05, 0.1) is 25.4 Å². The Bertz CT molecular complexity index is 1280. The zero-order valence-electron chi connectivity index (χ0n) is 59.8. The first kappa shape index (κ1) is 85.9. The van der Waals surface area contributed by atoms with Gasteiger partial charge in [-0.25, -0.2) is 0 Å². The summed E-state index contributed by atoms with van der Waals surface area (Å²) in [6.45, 7) is 5.02. The smallest absolute Gasteiger partial charge is 0.305 e. The Kier molecular flexibility index (Phi) is 76.3. The number of ether oxygens (including phenoxy) is 1. The van der Waals surface area contributed by atoms with Crippen LogP contribution in [0.3, 0.4) is 0 Å². The molecule has 2 atom stereocenters. The number of carbonyl (C=O) groups excluding carboxylic acids is 2. The summed E-state index contributed by atoms with van der Waals surface area (Å²) in [5.41, 5.74) is 0. The minimum atomic E-state index is -0.662. The molecule has 0 saturated heterocycles. The standard InChI is InChI=1S/C81H161NO5/c1-3-5-7-9-11-13-15-17-19-21-22-23-33-36-39-42-45-49-53-57-61-65-69-73-79(84)78(77-83)82-80(85)74-70-66-62-58-54-50-46-43-40-37-34-31-29-27-25-24-26-28-30-32-35-38-41-44-48-52-56-60-64-68-72-76-87-81(86)75-71-67-63-59-55-51-47-20-18-16-14-12-10-8-6-4-2/h78-79,83-84H,3-77H2,1-2H3,(H,82,85). The fourth-order valence-corrected chi connectivity index (χ4v) is 13.5. The highest BCUT2D eigenvalue weighted by atomic mass is 16.5. The van der Waals surface area contributed by atoms with Crippen LogP contribution in [0.15, 0.2) is 0 Å². The number of esters is 1. The summed E-state index contributed by atoms with van der Waals surface area (Å²) >= 11 is 0. The maximum absolute atomic E-state index is 12.6. The van der Waals surface area contributed by atoms with Crippen LogP contribution in [0.5, 0.6) is 0 Å². The number of hydrogen-bond donors (Lipinski definition) is 3. The number of aliphatic hydroxyl groups is 2. The highest BCUT2D eigenvalue weighted by Crippen LogP contribution is 2.21. The number of unbranched alkanes of at least 4 members (excludes halogenated alkanes) is 67. The summed E-state index contributed by atoms with van der Waals surface area (Å²) in [7, 11) is 0. The van der Waals surface area contributed by atoms with Crippen LogP contribution < -0.4 is 5.32 Å². The summed E-state index contributed by atoms with van der Waals surface area (Å²) in [6.07, 6.45) is 96.3. The normalized spacial score (nSPS) is 12.4. The molecule has 1 amide bonds. The van der Waals surface area contributed by atoms with Crippen LogP contribution in [0.2, 0.25) is 0 Å². The molecule has 0 aliphatic rings. The number of nitrogens with one attached hydrogen (secondary N) is 1. The summed E-state index contributed by atoms with van der Waals surface area (Å²) in [6, 6.07) is -0.539. The third kappa shape index (κ3) is 73.8. The highest BCUT2D eigenvalue weighted by molar-refractivity contribution is 5.76. The van der Waals surface area contributed by atoms with Crippen molar-refractivity contribution in [3.8, 4) is 0 Å². The molecule has 0 bridgehead atoms. The van der Waals surface area contributed by atoms with E-state index >= 15 is 0 Å². The van der Waals surface area contributed by atoms with Crippen molar-refractivity contribution < 1.29 is 24.5 Å². The molecule has 0 saturated carbocycles. The van der Waals surface area contributed by atoms with Gasteiger partial charge < -0.3 is 20.3 Å². The molecule has 0 radical (unpaired) electrons. The summed E-state index contributed by atoms with van der Waals surface area (Å²) < 4.78 is 5.51. The van der Waals surface area contributed by atoms with Crippen LogP contribution >= 0.6 is 0 Å². The first-order chi connectivity index (χ1) is 43.0. The average molecular weight is 1230 g/mol. The Morgan fingerprint density at radius 1 is 0.276 bits per heavy atom. The SMILES string of the molecule is CCCCCCCCCCCCCCCCCCCCCCCCCC(O)C(CO)NC(=O)CCCCCCCCCCCCCCCCCCCCCCCCCCCCCCCCCOC(=O)CCCCCCCCCCCCCCCCCC. The van der Waals surface area contributed by atoms with Gasteiger partial charge in [-0.1, -0.05) is 444 Å². The first-order valence-corrected chi connectivity index (χ1v) is 40.8. The fourth-order valence-electron chi connectivity index (χ4n) is 13.5. The van der Waals surface area contributed by atoms with E-state index < -0.39 is 12.1 Å². The number of hydrogen-bond acceptors (Lipinski definition) is 5. The van der Waals surface area contributed by atoms with Crippen molar-refractivity contribution in [3.05, 3.63) is 0 Å². The second-order valence-corrected chi connectivity index (χ2v) is 28.5. The fraction of sp³-hybridized carbons (Fsp3) is 0.975. The first-order valence-electron chi connectivity index (χ1n) is 40.8. The lowest BCUT2D eigenvalue weighted by atomic mass is 10.0. The van der Waals surface area contributed by atoms with Gasteiger partial charge in [-0.15, -0.1) is 0 Å². The van der Waals surface area contributed by atoms with Gasteiger partial charge in [0.2, 0.25) is 5.91 Å². The molecule has 0 rings (SSSR count). The summed E-state index contributed by atoms with van der Waals surface area (Å²) in [5, 5.41) is 23.5. The van der Waals surface area contributed by atoms with E-state index in [1.807, 2.05) is 0 Å². The number of aliphatic hydroxyl groups excluding tert-OH is 2. The summed E-state index contributed by atoms with van der Waals surface area (Å²) in [4.78, 5) is 24.7. The van der Waals surface area contributed by atoms with E-state index in [0.717, 1.165) is 38.5 Å². The molecule has 87 heavy (non-hydrogen) atoms. The van der Waals surface area contributed by atoms with Crippen LogP contribution in [-0.4, -0.2) is 47.4 Å². The van der Waals surface area contributed by atoms with Gasteiger partial charge in [0.25, 0.3) is 0 Å². The van der Waals surface area contributed by atoms with E-state index in [-0.39, 0.29) is 18.5 Å². The van der Waals surface area contributed by atoms with Gasteiger partial charge >= 0.3 is 5.97 Å². The van der Waals surface area contributed by atoms with Gasteiger partial charge in [-0.2, -0.15) is 0 Å². The molecule has 0 fully saturated rings. The quantitative estimate of drug-likeness (QED) is 0.0417. The van der Waals surface area contributed by atoms with Crippen LogP contribution in [0.4, 0.5) is 0 Å². The molecule has 2 unspecified atom stereocenters. The highest BCUT2D eigenvalue weighted by Gasteiger charge is 2.20. The molecule has 0 aliphatic heterocycles. The van der Waals surface area contributed by atoms with Crippen molar-refractivity contribution in [1.29, 1.82) is 0 Å². The van der Waals surface area contributed by atoms with Gasteiger partial charge in [0, 0.05) is 12.8 Å². The second-order valence-electron chi connectivity index (χ2n) is 28.5. The Labute approximate surface area is 547 Å². The Morgan fingerprint density at radius 2 is 0.471 bits per heavy atom. The Morgan fingerprint density at radius 3 is 0.701 bits per heavy atom. The van der Waals surface area contributed by atoms with Gasteiger partial charge in [-0.3, -0.25) is 9.59 Å². The molecule has 6 heteroatoms. The molecule has 0 heterocycles. The Hall–Kier alpha value is -1.14. The topological polar surface area (TPSA) is 95.9 Å². The van der Waals surface area contributed by atoms with Crippen molar-refractivity contribution in [1.82, 2.24) is 5.32 Å². The molecule has 520 valence electrons. The summed E-state index contributed by atoms with van der Waals surface area (Å²) in [5.74, 6) is 0.00170.